The van der Waals surface area contributed by atoms with Gasteiger partial charge in [0.15, 0.2) is 0 Å². The average Bonchev–Trinajstić information content (AvgIpc) is 2.78. The zero-order valence-corrected chi connectivity index (χ0v) is 14.0. The fourth-order valence-corrected chi connectivity index (χ4v) is 3.25. The first-order chi connectivity index (χ1) is 8.97. The second-order valence-corrected chi connectivity index (χ2v) is 7.04. The molecule has 0 saturated carbocycles. The van der Waals surface area contributed by atoms with E-state index in [4.69, 9.17) is 18.0 Å². The molecule has 1 heterocycles. The van der Waals surface area contributed by atoms with Crippen LogP contribution in [0.1, 0.15) is 28.3 Å². The Hall–Kier alpha value is -0.910. The van der Waals surface area contributed by atoms with Gasteiger partial charge < -0.3 is 11.1 Å². The van der Waals surface area contributed by atoms with Crippen molar-refractivity contribution in [3.05, 3.63) is 50.1 Å². The Morgan fingerprint density at radius 1 is 1.37 bits per heavy atom. The summed E-state index contributed by atoms with van der Waals surface area (Å²) in [5.74, 6) is 0. The van der Waals surface area contributed by atoms with E-state index in [2.05, 4.69) is 47.2 Å². The Labute approximate surface area is 131 Å². The molecule has 0 saturated heterocycles. The van der Waals surface area contributed by atoms with E-state index >= 15 is 0 Å². The van der Waals surface area contributed by atoms with E-state index in [1.165, 1.54) is 9.75 Å². The van der Waals surface area contributed by atoms with E-state index in [0.717, 1.165) is 15.7 Å². The van der Waals surface area contributed by atoms with Crippen LogP contribution in [-0.4, -0.2) is 4.99 Å². The van der Waals surface area contributed by atoms with E-state index in [-0.39, 0.29) is 6.04 Å². The molecule has 0 aliphatic rings. The third-order valence-corrected chi connectivity index (χ3v) is 4.70. The number of aryl methyl sites for hydroxylation is 1. The third-order valence-electron chi connectivity index (χ3n) is 2.81. The molecule has 0 bridgehead atoms. The summed E-state index contributed by atoms with van der Waals surface area (Å²) in [6.45, 7) is 4.25. The van der Waals surface area contributed by atoms with Crippen LogP contribution in [0.25, 0.3) is 0 Å². The van der Waals surface area contributed by atoms with Gasteiger partial charge in [0.05, 0.1) is 6.04 Å². The highest BCUT2D eigenvalue weighted by Crippen LogP contribution is 2.28. The highest BCUT2D eigenvalue weighted by molar-refractivity contribution is 9.10. The molecule has 1 aromatic carbocycles. The fraction of sp³-hybridized carbons (Fsp3) is 0.214. The first kappa shape index (κ1) is 14.5. The molecule has 2 aromatic rings. The van der Waals surface area contributed by atoms with Gasteiger partial charge in [-0.15, -0.1) is 11.3 Å². The van der Waals surface area contributed by atoms with Crippen molar-refractivity contribution in [2.24, 2.45) is 5.73 Å². The van der Waals surface area contributed by atoms with Crippen LogP contribution in [0.3, 0.4) is 0 Å². The minimum absolute atomic E-state index is 0.230. The van der Waals surface area contributed by atoms with Gasteiger partial charge in [0, 0.05) is 25.5 Å². The van der Waals surface area contributed by atoms with Crippen LogP contribution in [0.2, 0.25) is 0 Å². The number of hydrogen-bond acceptors (Lipinski definition) is 3. The Bertz CT molecular complexity index is 607. The lowest BCUT2D eigenvalue weighted by molar-refractivity contribution is 0.907. The molecule has 2 nitrogen and oxygen atoms in total. The molecule has 19 heavy (non-hydrogen) atoms. The number of benzene rings is 1. The van der Waals surface area contributed by atoms with E-state index < -0.39 is 0 Å². The van der Waals surface area contributed by atoms with Crippen LogP contribution in [0.5, 0.6) is 0 Å². The summed E-state index contributed by atoms with van der Waals surface area (Å²) in [5.41, 5.74) is 7.61. The summed E-state index contributed by atoms with van der Waals surface area (Å²) in [4.78, 5) is 3.02. The predicted octanol–water partition coefficient (Wildman–Crippen LogP) is 4.63. The van der Waals surface area contributed by atoms with E-state index in [9.17, 15) is 0 Å². The summed E-state index contributed by atoms with van der Waals surface area (Å²) in [6, 6.07) is 10.4. The van der Waals surface area contributed by atoms with E-state index in [1.807, 2.05) is 18.2 Å². The van der Waals surface area contributed by atoms with Crippen LogP contribution >= 0.6 is 39.5 Å². The van der Waals surface area contributed by atoms with Gasteiger partial charge >= 0.3 is 0 Å². The van der Waals surface area contributed by atoms with Crippen molar-refractivity contribution in [2.45, 2.75) is 19.9 Å². The molecule has 3 N–H and O–H groups in total. The highest BCUT2D eigenvalue weighted by Gasteiger charge is 2.11. The summed E-state index contributed by atoms with van der Waals surface area (Å²) in [5, 5.41) is 3.47. The van der Waals surface area contributed by atoms with Crippen molar-refractivity contribution >= 4 is 50.2 Å². The van der Waals surface area contributed by atoms with Gasteiger partial charge in [0.1, 0.15) is 4.99 Å². The van der Waals surface area contributed by atoms with Gasteiger partial charge in [0.2, 0.25) is 0 Å². The summed E-state index contributed by atoms with van der Waals surface area (Å²) in [7, 11) is 0. The second-order valence-electron chi connectivity index (χ2n) is 4.37. The van der Waals surface area contributed by atoms with Crippen molar-refractivity contribution in [1.82, 2.24) is 0 Å². The second kappa shape index (κ2) is 6.03. The fourth-order valence-electron chi connectivity index (χ4n) is 1.84. The maximum atomic E-state index is 5.78. The van der Waals surface area contributed by atoms with Crippen LogP contribution in [0.4, 0.5) is 5.69 Å². The number of halogens is 1. The quantitative estimate of drug-likeness (QED) is 0.786. The molecule has 0 aliphatic heterocycles. The maximum Gasteiger partial charge on any atom is 0.106 e. The Morgan fingerprint density at radius 3 is 2.68 bits per heavy atom. The monoisotopic (exact) mass is 354 g/mol. The summed E-state index contributed by atoms with van der Waals surface area (Å²) >= 11 is 10.3. The van der Waals surface area contributed by atoms with Gasteiger partial charge in [-0.25, -0.2) is 0 Å². The number of nitrogens with one attached hydrogen (secondary N) is 1. The van der Waals surface area contributed by atoms with Gasteiger partial charge in [-0.2, -0.15) is 0 Å². The highest BCUT2D eigenvalue weighted by atomic mass is 79.9. The normalized spacial score (nSPS) is 12.2. The molecule has 1 aromatic heterocycles. The van der Waals surface area contributed by atoms with Crippen molar-refractivity contribution < 1.29 is 0 Å². The molecular formula is C14H15BrN2S2. The van der Waals surface area contributed by atoms with Crippen LogP contribution in [0, 0.1) is 6.92 Å². The first-order valence-electron chi connectivity index (χ1n) is 5.89. The number of rotatable bonds is 4. The number of thiophene rings is 1. The van der Waals surface area contributed by atoms with Crippen molar-refractivity contribution in [3.63, 3.8) is 0 Å². The molecule has 2 rings (SSSR count). The smallest absolute Gasteiger partial charge is 0.106 e. The van der Waals surface area contributed by atoms with Gasteiger partial charge in [-0.05, 0) is 44.2 Å². The van der Waals surface area contributed by atoms with Crippen LogP contribution in [-0.2, 0) is 0 Å². The predicted molar refractivity (Wildman–Crippen MR) is 91.1 cm³/mol. The maximum absolute atomic E-state index is 5.78. The number of hydrogen-bond donors (Lipinski definition) is 2. The first-order valence-corrected chi connectivity index (χ1v) is 7.91. The van der Waals surface area contributed by atoms with Crippen molar-refractivity contribution in [1.29, 1.82) is 0 Å². The molecule has 0 fully saturated rings. The van der Waals surface area contributed by atoms with Crippen molar-refractivity contribution in [2.75, 3.05) is 5.32 Å². The largest absolute Gasteiger partial charge is 0.389 e. The van der Waals surface area contributed by atoms with E-state index in [0.29, 0.717) is 4.99 Å². The Morgan fingerprint density at radius 2 is 2.11 bits per heavy atom. The molecule has 100 valence electrons. The topological polar surface area (TPSA) is 38.0 Å². The summed E-state index contributed by atoms with van der Waals surface area (Å²) in [6.07, 6.45) is 0. The molecule has 1 atom stereocenters. The van der Waals surface area contributed by atoms with Gasteiger partial charge in [-0.3, -0.25) is 0 Å². The van der Waals surface area contributed by atoms with Gasteiger partial charge in [0.25, 0.3) is 0 Å². The molecular weight excluding hydrogens is 340 g/mol. The molecule has 0 amide bonds. The zero-order chi connectivity index (χ0) is 14.0. The molecule has 0 radical (unpaired) electrons. The zero-order valence-electron chi connectivity index (χ0n) is 10.7. The van der Waals surface area contributed by atoms with Crippen LogP contribution < -0.4 is 11.1 Å². The average molecular weight is 355 g/mol. The third kappa shape index (κ3) is 3.55. The molecule has 0 spiro atoms. The lowest BCUT2D eigenvalue weighted by atomic mass is 10.1. The van der Waals surface area contributed by atoms with Gasteiger partial charge in [-0.1, -0.05) is 28.1 Å². The van der Waals surface area contributed by atoms with Crippen molar-refractivity contribution in [3.8, 4) is 0 Å². The SMILES string of the molecule is Cc1ccc(C(C)Nc2ccc(Br)cc2C(N)=S)s1. The Kier molecular flexibility index (Phi) is 4.60. The minimum Gasteiger partial charge on any atom is -0.389 e. The number of anilines is 1. The lowest BCUT2D eigenvalue weighted by Gasteiger charge is -2.17. The number of nitrogens with two attached hydrogens (primary N) is 1. The summed E-state index contributed by atoms with van der Waals surface area (Å²) < 4.78 is 0.973. The lowest BCUT2D eigenvalue weighted by Crippen LogP contribution is -2.14. The molecule has 5 heteroatoms. The van der Waals surface area contributed by atoms with Crippen LogP contribution in [0.15, 0.2) is 34.8 Å². The molecule has 1 unspecified atom stereocenters. The number of thiocarbonyl (C=S) groups is 1. The minimum atomic E-state index is 0.230. The Balaban J connectivity index is 2.26. The van der Waals surface area contributed by atoms with E-state index in [1.54, 1.807) is 11.3 Å². The standard InChI is InChI=1S/C14H15BrN2S2/c1-8-3-6-13(19-8)9(2)17-12-5-4-10(15)7-11(12)14(16)18/h3-7,9,17H,1-2H3,(H2,16,18). The molecule has 0 aliphatic carbocycles.